The van der Waals surface area contributed by atoms with E-state index in [9.17, 15) is 0 Å². The van der Waals surface area contributed by atoms with Gasteiger partial charge in [0.1, 0.15) is 0 Å². The first-order chi connectivity index (χ1) is 7.09. The topological polar surface area (TPSA) is 52.0 Å². The Morgan fingerprint density at radius 1 is 1.33 bits per heavy atom. The van der Waals surface area contributed by atoms with E-state index in [1.165, 1.54) is 0 Å². The molecule has 1 aromatic carbocycles. The molecule has 2 N–H and O–H groups in total. The Bertz CT molecular complexity index is 482. The molecule has 2 rings (SSSR count). The van der Waals surface area contributed by atoms with Crippen molar-refractivity contribution in [3.8, 4) is 11.1 Å². The Labute approximate surface area is 92.8 Å². The van der Waals surface area contributed by atoms with Crippen molar-refractivity contribution in [2.24, 2.45) is 0 Å². The summed E-state index contributed by atoms with van der Waals surface area (Å²) < 4.78 is 4.81. The fourth-order valence-electron chi connectivity index (χ4n) is 1.44. The van der Waals surface area contributed by atoms with Gasteiger partial charge in [-0.1, -0.05) is 22.8 Å². The molecule has 15 heavy (non-hydrogen) atoms. The first-order valence-corrected chi connectivity index (χ1v) is 4.94. The molecule has 0 amide bonds. The summed E-state index contributed by atoms with van der Waals surface area (Å²) in [6.45, 7) is 3.99. The van der Waals surface area contributed by atoms with Crippen molar-refractivity contribution in [1.29, 1.82) is 0 Å². The lowest BCUT2D eigenvalue weighted by Crippen LogP contribution is -1.88. The number of nitrogens with zero attached hydrogens (tertiary/aromatic N) is 1. The lowest BCUT2D eigenvalue weighted by atomic mass is 10.0. The van der Waals surface area contributed by atoms with Crippen LogP contribution in [-0.4, -0.2) is 5.16 Å². The number of hydrogen-bond donors (Lipinski definition) is 1. The molecule has 0 unspecified atom stereocenters. The zero-order valence-electron chi connectivity index (χ0n) is 8.54. The van der Waals surface area contributed by atoms with E-state index in [4.69, 9.17) is 21.9 Å². The van der Waals surface area contributed by atoms with Gasteiger partial charge in [-0.2, -0.15) is 0 Å². The van der Waals surface area contributed by atoms with Gasteiger partial charge in [-0.05, 0) is 36.6 Å². The molecule has 3 nitrogen and oxygen atoms in total. The van der Waals surface area contributed by atoms with Crippen LogP contribution >= 0.6 is 11.6 Å². The van der Waals surface area contributed by atoms with Gasteiger partial charge in [0.2, 0.25) is 5.88 Å². The van der Waals surface area contributed by atoms with E-state index < -0.39 is 0 Å². The average Bonchev–Trinajstić information content (AvgIpc) is 2.60. The number of nitrogens with two attached hydrogens (primary N) is 1. The molecule has 0 aliphatic carbocycles. The van der Waals surface area contributed by atoms with Crippen LogP contribution in [0.2, 0.25) is 5.02 Å². The van der Waals surface area contributed by atoms with Gasteiger partial charge in [0, 0.05) is 5.02 Å². The molecular formula is C11H11ClN2O. The number of benzene rings is 1. The second-order valence-electron chi connectivity index (χ2n) is 3.50. The van der Waals surface area contributed by atoms with Crippen LogP contribution in [0.5, 0.6) is 0 Å². The Hall–Kier alpha value is -1.48. The molecule has 0 radical (unpaired) electrons. The summed E-state index contributed by atoms with van der Waals surface area (Å²) in [6.07, 6.45) is 1.59. The summed E-state index contributed by atoms with van der Waals surface area (Å²) in [5.41, 5.74) is 9.55. The van der Waals surface area contributed by atoms with Gasteiger partial charge in [0.25, 0.3) is 0 Å². The van der Waals surface area contributed by atoms with E-state index in [0.29, 0.717) is 5.88 Å². The minimum atomic E-state index is 0.314. The molecule has 0 saturated carbocycles. The van der Waals surface area contributed by atoms with Crippen LogP contribution < -0.4 is 5.73 Å². The highest BCUT2D eigenvalue weighted by Crippen LogP contribution is 2.30. The van der Waals surface area contributed by atoms with Crippen molar-refractivity contribution in [3.63, 3.8) is 0 Å². The summed E-state index contributed by atoms with van der Waals surface area (Å²) in [4.78, 5) is 0. The summed E-state index contributed by atoms with van der Waals surface area (Å²) in [5, 5.41) is 4.36. The predicted octanol–water partition coefficient (Wildman–Crippen LogP) is 3.19. The van der Waals surface area contributed by atoms with Gasteiger partial charge in [0.15, 0.2) is 0 Å². The van der Waals surface area contributed by atoms with Crippen LogP contribution in [0.3, 0.4) is 0 Å². The third-order valence-corrected chi connectivity index (χ3v) is 2.91. The molecule has 1 heterocycles. The maximum Gasteiger partial charge on any atom is 0.229 e. The molecular weight excluding hydrogens is 212 g/mol. The monoisotopic (exact) mass is 222 g/mol. The lowest BCUT2D eigenvalue weighted by molar-refractivity contribution is 0.436. The Morgan fingerprint density at radius 2 is 2.07 bits per heavy atom. The zero-order valence-corrected chi connectivity index (χ0v) is 9.30. The van der Waals surface area contributed by atoms with Gasteiger partial charge in [-0.25, -0.2) is 0 Å². The Morgan fingerprint density at radius 3 is 2.60 bits per heavy atom. The number of rotatable bonds is 1. The first-order valence-electron chi connectivity index (χ1n) is 4.57. The van der Waals surface area contributed by atoms with Gasteiger partial charge in [0.05, 0.1) is 11.8 Å². The number of hydrogen-bond acceptors (Lipinski definition) is 3. The summed E-state index contributed by atoms with van der Waals surface area (Å²) in [7, 11) is 0. The molecule has 0 saturated heterocycles. The molecule has 78 valence electrons. The highest BCUT2D eigenvalue weighted by atomic mass is 35.5. The second kappa shape index (κ2) is 3.59. The number of aryl methyl sites for hydroxylation is 1. The minimum Gasteiger partial charge on any atom is -0.367 e. The van der Waals surface area contributed by atoms with E-state index in [-0.39, 0.29) is 0 Å². The molecule has 0 aliphatic heterocycles. The first kappa shape index (κ1) is 10.1. The number of aromatic nitrogens is 1. The normalized spacial score (nSPS) is 10.6. The quantitative estimate of drug-likeness (QED) is 0.806. The largest absolute Gasteiger partial charge is 0.367 e. The number of nitrogen functional groups attached to an aromatic ring is 1. The molecule has 0 fully saturated rings. The molecule has 0 atom stereocenters. The molecule has 0 bridgehead atoms. The van der Waals surface area contributed by atoms with E-state index in [1.807, 2.05) is 26.0 Å². The zero-order chi connectivity index (χ0) is 11.0. The smallest absolute Gasteiger partial charge is 0.229 e. The Balaban J connectivity index is 2.60. The van der Waals surface area contributed by atoms with E-state index in [2.05, 4.69) is 5.16 Å². The average molecular weight is 223 g/mol. The van der Waals surface area contributed by atoms with E-state index in [1.54, 1.807) is 6.20 Å². The summed E-state index contributed by atoms with van der Waals surface area (Å²) in [5.74, 6) is 0.314. The number of halogens is 1. The van der Waals surface area contributed by atoms with E-state index >= 15 is 0 Å². The standard InChI is InChI=1S/C11H11ClN2O/c1-6-3-8(4-10(12)7(6)2)9-5-14-15-11(9)13/h3-5H,13H2,1-2H3. The van der Waals surface area contributed by atoms with Crippen molar-refractivity contribution < 1.29 is 4.52 Å². The van der Waals surface area contributed by atoms with Crippen LogP contribution in [0.4, 0.5) is 5.88 Å². The number of anilines is 1. The van der Waals surface area contributed by atoms with Crippen molar-refractivity contribution in [2.75, 3.05) is 5.73 Å². The molecule has 4 heteroatoms. The molecule has 0 spiro atoms. The van der Waals surface area contributed by atoms with Crippen molar-refractivity contribution >= 4 is 17.5 Å². The highest BCUT2D eigenvalue weighted by molar-refractivity contribution is 6.31. The van der Waals surface area contributed by atoms with Crippen LogP contribution in [0, 0.1) is 13.8 Å². The maximum absolute atomic E-state index is 6.10. The lowest BCUT2D eigenvalue weighted by Gasteiger charge is -2.06. The van der Waals surface area contributed by atoms with Crippen molar-refractivity contribution in [2.45, 2.75) is 13.8 Å². The van der Waals surface area contributed by atoms with Crippen LogP contribution in [-0.2, 0) is 0 Å². The Kier molecular flexibility index (Phi) is 2.40. The van der Waals surface area contributed by atoms with Crippen molar-refractivity contribution in [3.05, 3.63) is 34.5 Å². The predicted molar refractivity (Wildman–Crippen MR) is 60.8 cm³/mol. The second-order valence-corrected chi connectivity index (χ2v) is 3.91. The minimum absolute atomic E-state index is 0.314. The molecule has 2 aromatic rings. The fraction of sp³-hybridized carbons (Fsp3) is 0.182. The van der Waals surface area contributed by atoms with Gasteiger partial charge >= 0.3 is 0 Å². The van der Waals surface area contributed by atoms with Crippen LogP contribution in [0.1, 0.15) is 11.1 Å². The maximum atomic E-state index is 6.10. The van der Waals surface area contributed by atoms with Gasteiger partial charge in [-0.15, -0.1) is 0 Å². The van der Waals surface area contributed by atoms with Gasteiger partial charge in [-0.3, -0.25) is 0 Å². The van der Waals surface area contributed by atoms with Crippen LogP contribution in [0.25, 0.3) is 11.1 Å². The SMILES string of the molecule is Cc1cc(-c2cnoc2N)cc(Cl)c1C. The molecule has 0 aliphatic rings. The van der Waals surface area contributed by atoms with Crippen molar-refractivity contribution in [1.82, 2.24) is 5.16 Å². The summed E-state index contributed by atoms with van der Waals surface area (Å²) in [6, 6.07) is 3.89. The highest BCUT2D eigenvalue weighted by Gasteiger charge is 2.09. The van der Waals surface area contributed by atoms with Crippen LogP contribution in [0.15, 0.2) is 22.9 Å². The fourth-order valence-corrected chi connectivity index (χ4v) is 1.70. The summed E-state index contributed by atoms with van der Waals surface area (Å²) >= 11 is 6.10. The third kappa shape index (κ3) is 1.70. The van der Waals surface area contributed by atoms with E-state index in [0.717, 1.165) is 27.3 Å². The molecule has 1 aromatic heterocycles. The van der Waals surface area contributed by atoms with Gasteiger partial charge < -0.3 is 10.3 Å². The third-order valence-electron chi connectivity index (χ3n) is 2.51.